The molecule has 23 heavy (non-hydrogen) atoms. The van der Waals surface area contributed by atoms with Crippen molar-refractivity contribution in [2.75, 3.05) is 33.9 Å². The van der Waals surface area contributed by atoms with Gasteiger partial charge < -0.3 is 19.7 Å². The van der Waals surface area contributed by atoms with Gasteiger partial charge in [0.15, 0.2) is 0 Å². The number of hydrogen-bond acceptors (Lipinski definition) is 5. The molecule has 2 fully saturated rings. The largest absolute Gasteiger partial charge is 0.490 e. The van der Waals surface area contributed by atoms with E-state index in [1.807, 2.05) is 6.20 Å². The molecule has 1 aliphatic carbocycles. The smallest absolute Gasteiger partial charge is 0.409 e. The first-order chi connectivity index (χ1) is 11.1. The molecule has 1 aromatic rings. The fourth-order valence-electron chi connectivity index (χ4n) is 2.81. The Morgan fingerprint density at radius 2 is 2.26 bits per heavy atom. The maximum atomic E-state index is 11.4. The first-order valence-electron chi connectivity index (χ1n) is 8.28. The summed E-state index contributed by atoms with van der Waals surface area (Å²) >= 11 is 0. The lowest BCUT2D eigenvalue weighted by molar-refractivity contribution is 0.115. The second-order valence-corrected chi connectivity index (χ2v) is 6.60. The zero-order chi connectivity index (χ0) is 16.2. The van der Waals surface area contributed by atoms with E-state index in [0.29, 0.717) is 31.1 Å². The van der Waals surface area contributed by atoms with Crippen molar-refractivity contribution >= 4 is 6.09 Å². The summed E-state index contributed by atoms with van der Waals surface area (Å²) in [6, 6.07) is 2.58. The average Bonchev–Trinajstić information content (AvgIpc) is 3.25. The van der Waals surface area contributed by atoms with Gasteiger partial charge in [0.25, 0.3) is 0 Å². The average molecular weight is 319 g/mol. The summed E-state index contributed by atoms with van der Waals surface area (Å²) in [6.07, 6.45) is 6.65. The first kappa shape index (κ1) is 16.1. The lowest BCUT2D eigenvalue weighted by atomic mass is 10.1. The van der Waals surface area contributed by atoms with E-state index in [1.54, 1.807) is 20.3 Å². The Morgan fingerprint density at radius 1 is 1.43 bits per heavy atom. The molecular formula is C17H25N3O3. The number of pyridine rings is 1. The molecule has 0 unspecified atom stereocenters. The molecule has 1 amide bonds. The van der Waals surface area contributed by atoms with Gasteiger partial charge >= 0.3 is 6.09 Å². The minimum Gasteiger partial charge on any atom is -0.490 e. The van der Waals surface area contributed by atoms with Crippen molar-refractivity contribution in [3.05, 3.63) is 24.0 Å². The van der Waals surface area contributed by atoms with Crippen LogP contribution in [-0.2, 0) is 4.74 Å². The summed E-state index contributed by atoms with van der Waals surface area (Å²) < 4.78 is 11.0. The van der Waals surface area contributed by atoms with Crippen LogP contribution in [0.25, 0.3) is 0 Å². The maximum Gasteiger partial charge on any atom is 0.409 e. The highest BCUT2D eigenvalue weighted by molar-refractivity contribution is 5.66. The summed E-state index contributed by atoms with van der Waals surface area (Å²) in [5.41, 5.74) is 1.23. The van der Waals surface area contributed by atoms with Crippen molar-refractivity contribution in [1.82, 2.24) is 15.2 Å². The van der Waals surface area contributed by atoms with E-state index in [4.69, 9.17) is 9.47 Å². The van der Waals surface area contributed by atoms with Gasteiger partial charge in [-0.3, -0.25) is 4.98 Å². The minimum absolute atomic E-state index is 0.274. The molecule has 1 saturated carbocycles. The van der Waals surface area contributed by atoms with Crippen LogP contribution in [0.5, 0.6) is 5.75 Å². The van der Waals surface area contributed by atoms with Gasteiger partial charge in [-0.05, 0) is 49.3 Å². The zero-order valence-corrected chi connectivity index (χ0v) is 13.8. The first-order valence-corrected chi connectivity index (χ1v) is 8.28. The van der Waals surface area contributed by atoms with Gasteiger partial charge in [-0.25, -0.2) is 4.79 Å². The van der Waals surface area contributed by atoms with Gasteiger partial charge in [-0.2, -0.15) is 0 Å². The van der Waals surface area contributed by atoms with Crippen molar-refractivity contribution < 1.29 is 14.3 Å². The maximum absolute atomic E-state index is 11.4. The quantitative estimate of drug-likeness (QED) is 0.833. The lowest BCUT2D eigenvalue weighted by Crippen LogP contribution is -2.46. The number of carbonyl (C=O) groups excluding carboxylic acids is 1. The number of carbonyl (C=O) groups is 1. The van der Waals surface area contributed by atoms with Crippen LogP contribution in [-0.4, -0.2) is 55.9 Å². The molecule has 0 radical (unpaired) electrons. The fourth-order valence-corrected chi connectivity index (χ4v) is 2.81. The van der Waals surface area contributed by atoms with Crippen molar-refractivity contribution in [2.45, 2.75) is 31.2 Å². The number of nitrogens with one attached hydrogen (secondary N) is 1. The predicted molar refractivity (Wildman–Crippen MR) is 86.6 cm³/mol. The molecule has 3 rings (SSSR count). The topological polar surface area (TPSA) is 63.7 Å². The molecule has 1 aromatic heterocycles. The third-order valence-corrected chi connectivity index (χ3v) is 4.54. The molecule has 6 heteroatoms. The van der Waals surface area contributed by atoms with E-state index in [9.17, 15) is 4.79 Å². The van der Waals surface area contributed by atoms with Crippen LogP contribution in [0.4, 0.5) is 4.79 Å². The van der Waals surface area contributed by atoms with E-state index in [0.717, 1.165) is 25.1 Å². The Kier molecular flexibility index (Phi) is 5.00. The summed E-state index contributed by atoms with van der Waals surface area (Å²) in [7, 11) is 3.39. The predicted octanol–water partition coefficient (Wildman–Crippen LogP) is 2.01. The molecule has 2 heterocycles. The number of aromatic nitrogens is 1. The van der Waals surface area contributed by atoms with E-state index in [2.05, 4.69) is 16.4 Å². The van der Waals surface area contributed by atoms with Crippen LogP contribution in [0.3, 0.4) is 0 Å². The zero-order valence-electron chi connectivity index (χ0n) is 13.8. The van der Waals surface area contributed by atoms with Crippen LogP contribution in [0, 0.1) is 5.92 Å². The number of rotatable bonds is 7. The Morgan fingerprint density at radius 3 is 2.96 bits per heavy atom. The Hall–Kier alpha value is -1.82. The Balaban J connectivity index is 1.42. The van der Waals surface area contributed by atoms with Crippen molar-refractivity contribution in [2.24, 2.45) is 5.92 Å². The summed E-state index contributed by atoms with van der Waals surface area (Å²) in [5.74, 6) is 1.95. The van der Waals surface area contributed by atoms with Crippen molar-refractivity contribution in [1.29, 1.82) is 0 Å². The van der Waals surface area contributed by atoms with Crippen LogP contribution in [0.1, 0.15) is 30.7 Å². The monoisotopic (exact) mass is 319 g/mol. The number of amides is 1. The van der Waals surface area contributed by atoms with Gasteiger partial charge in [0.2, 0.25) is 0 Å². The summed E-state index contributed by atoms with van der Waals surface area (Å²) in [4.78, 5) is 17.1. The molecule has 2 aliphatic rings. The molecular weight excluding hydrogens is 294 g/mol. The molecule has 3 atom stereocenters. The highest BCUT2D eigenvalue weighted by Gasteiger charge is 2.38. The summed E-state index contributed by atoms with van der Waals surface area (Å²) in [5, 5.41) is 3.32. The van der Waals surface area contributed by atoms with Crippen molar-refractivity contribution in [3.8, 4) is 5.75 Å². The van der Waals surface area contributed by atoms with E-state index >= 15 is 0 Å². The van der Waals surface area contributed by atoms with Gasteiger partial charge in [0.1, 0.15) is 12.4 Å². The van der Waals surface area contributed by atoms with E-state index < -0.39 is 0 Å². The molecule has 0 aromatic carbocycles. The minimum atomic E-state index is -0.274. The second-order valence-electron chi connectivity index (χ2n) is 6.60. The SMILES string of the molecule is CN(C)C(=O)OCC[C@H]1C[C@@H]1c1cncc(OC[C@@H]2CCN2)c1. The van der Waals surface area contributed by atoms with Gasteiger partial charge in [0, 0.05) is 26.3 Å². The standard InChI is InChI=1S/C17H25N3O3/c1-20(2)17(21)22-6-4-12-8-16(12)13-7-15(10-18-9-13)23-11-14-3-5-19-14/h7,9-10,12,14,16,19H,3-6,8,11H2,1-2H3/t12-,14-,16-/m0/s1. The number of ether oxygens (including phenoxy) is 2. The number of nitrogens with zero attached hydrogens (tertiary/aromatic N) is 2. The molecule has 0 spiro atoms. The van der Waals surface area contributed by atoms with Gasteiger partial charge in [0.05, 0.1) is 12.8 Å². The number of hydrogen-bond donors (Lipinski definition) is 1. The van der Waals surface area contributed by atoms with E-state index in [1.165, 1.54) is 16.9 Å². The van der Waals surface area contributed by atoms with Gasteiger partial charge in [-0.1, -0.05) is 0 Å². The molecule has 6 nitrogen and oxygen atoms in total. The second kappa shape index (κ2) is 7.17. The van der Waals surface area contributed by atoms with Crippen LogP contribution < -0.4 is 10.1 Å². The van der Waals surface area contributed by atoms with Crippen LogP contribution >= 0.6 is 0 Å². The molecule has 126 valence electrons. The Bertz CT molecular complexity index is 546. The summed E-state index contributed by atoms with van der Waals surface area (Å²) in [6.45, 7) is 2.28. The highest BCUT2D eigenvalue weighted by atomic mass is 16.6. The third-order valence-electron chi connectivity index (χ3n) is 4.54. The Labute approximate surface area is 137 Å². The fraction of sp³-hybridized carbons (Fsp3) is 0.647. The highest BCUT2D eigenvalue weighted by Crippen LogP contribution is 2.49. The van der Waals surface area contributed by atoms with Crippen LogP contribution in [0.2, 0.25) is 0 Å². The molecule has 1 saturated heterocycles. The third kappa shape index (κ3) is 4.34. The normalized spacial score (nSPS) is 25.4. The van der Waals surface area contributed by atoms with Gasteiger partial charge in [-0.15, -0.1) is 0 Å². The van der Waals surface area contributed by atoms with E-state index in [-0.39, 0.29) is 6.09 Å². The molecule has 0 bridgehead atoms. The van der Waals surface area contributed by atoms with Crippen molar-refractivity contribution in [3.63, 3.8) is 0 Å². The molecule has 1 N–H and O–H groups in total. The van der Waals surface area contributed by atoms with Crippen LogP contribution in [0.15, 0.2) is 18.5 Å². The lowest BCUT2D eigenvalue weighted by Gasteiger charge is -2.27. The molecule has 1 aliphatic heterocycles.